The Hall–Kier alpha value is -3.65. The van der Waals surface area contributed by atoms with E-state index in [0.29, 0.717) is 30.0 Å². The number of nitrogens with zero attached hydrogens (tertiary/aromatic N) is 2. The Morgan fingerprint density at radius 3 is 2.62 bits per heavy atom. The van der Waals surface area contributed by atoms with Crippen LogP contribution in [-0.2, 0) is 9.59 Å². The van der Waals surface area contributed by atoms with Gasteiger partial charge in [-0.2, -0.15) is 0 Å². The van der Waals surface area contributed by atoms with Gasteiger partial charge in [0.15, 0.2) is 0 Å². The molecule has 0 aliphatic rings. The molecule has 1 unspecified atom stereocenters. The fraction of sp³-hybridized carbons (Fsp3) is 0.240. The van der Waals surface area contributed by atoms with Crippen LogP contribution in [0.15, 0.2) is 61.1 Å². The van der Waals surface area contributed by atoms with E-state index >= 15 is 0 Å². The first kappa shape index (κ1) is 25.0. The highest BCUT2D eigenvalue weighted by Crippen LogP contribution is 2.25. The number of rotatable bonds is 9. The van der Waals surface area contributed by atoms with Crippen LogP contribution in [0.3, 0.4) is 0 Å². The van der Waals surface area contributed by atoms with Gasteiger partial charge in [0.2, 0.25) is 5.91 Å². The molecule has 2 amide bonds. The summed E-state index contributed by atoms with van der Waals surface area (Å²) in [5.74, 6) is -0.842. The molecule has 0 spiro atoms. The second-order valence-electron chi connectivity index (χ2n) is 7.60. The third-order valence-electron chi connectivity index (χ3n) is 5.14. The van der Waals surface area contributed by atoms with E-state index in [1.165, 1.54) is 18.2 Å². The lowest BCUT2D eigenvalue weighted by Crippen LogP contribution is -2.43. The standard InChI is InChI=1S/C25H26ClFN4O3/c1-17-15-31(16-28-17)22-11-5-18(14-23(22)34-2)6-12-24(32)29-30-25(33)21(4-3-13-26)19-7-9-20(27)10-8-19/h5-12,14-16,21H,3-4,13H2,1-2H3,(H,29,32)(H,30,33)/b12-6+. The maximum absolute atomic E-state index is 13.2. The van der Waals surface area contributed by atoms with E-state index < -0.39 is 17.7 Å². The molecule has 0 bridgehead atoms. The number of methoxy groups -OCH3 is 1. The first-order valence-corrected chi connectivity index (χ1v) is 11.2. The van der Waals surface area contributed by atoms with E-state index in [4.69, 9.17) is 16.3 Å². The van der Waals surface area contributed by atoms with Crippen molar-refractivity contribution in [2.75, 3.05) is 13.0 Å². The molecule has 0 fully saturated rings. The topological polar surface area (TPSA) is 85.3 Å². The summed E-state index contributed by atoms with van der Waals surface area (Å²) in [6.07, 6.45) is 7.57. The van der Waals surface area contributed by atoms with Crippen molar-refractivity contribution in [1.29, 1.82) is 0 Å². The molecule has 0 radical (unpaired) electrons. The van der Waals surface area contributed by atoms with Crippen molar-refractivity contribution in [1.82, 2.24) is 20.4 Å². The number of carbonyl (C=O) groups excluding carboxylic acids is 2. The van der Waals surface area contributed by atoms with Crippen LogP contribution in [-0.4, -0.2) is 34.4 Å². The van der Waals surface area contributed by atoms with Crippen LogP contribution in [0.25, 0.3) is 11.8 Å². The van der Waals surface area contributed by atoms with Crippen LogP contribution in [0.2, 0.25) is 0 Å². The van der Waals surface area contributed by atoms with Gasteiger partial charge in [0.1, 0.15) is 11.6 Å². The van der Waals surface area contributed by atoms with Crippen LogP contribution in [0.5, 0.6) is 5.75 Å². The van der Waals surface area contributed by atoms with Crippen molar-refractivity contribution in [2.24, 2.45) is 0 Å². The summed E-state index contributed by atoms with van der Waals surface area (Å²) in [7, 11) is 1.57. The van der Waals surface area contributed by atoms with Gasteiger partial charge in [0.25, 0.3) is 5.91 Å². The molecule has 0 aliphatic heterocycles. The molecule has 3 rings (SSSR count). The number of imidazole rings is 1. The number of halogens is 2. The number of benzene rings is 2. The highest BCUT2D eigenvalue weighted by molar-refractivity contribution is 6.17. The molecule has 0 saturated heterocycles. The monoisotopic (exact) mass is 484 g/mol. The van der Waals surface area contributed by atoms with Crippen LogP contribution in [0, 0.1) is 12.7 Å². The largest absolute Gasteiger partial charge is 0.495 e. The number of hydrogen-bond donors (Lipinski definition) is 2. The fourth-order valence-electron chi connectivity index (χ4n) is 3.41. The van der Waals surface area contributed by atoms with Crippen molar-refractivity contribution >= 4 is 29.5 Å². The van der Waals surface area contributed by atoms with Gasteiger partial charge in [-0.1, -0.05) is 18.2 Å². The Bertz CT molecular complexity index is 1160. The van der Waals surface area contributed by atoms with Gasteiger partial charge in [-0.3, -0.25) is 20.4 Å². The van der Waals surface area contributed by atoms with Gasteiger partial charge < -0.3 is 9.30 Å². The molecule has 2 aromatic carbocycles. The molecule has 9 heteroatoms. The third kappa shape index (κ3) is 6.68. The van der Waals surface area contributed by atoms with Crippen LogP contribution in [0.4, 0.5) is 4.39 Å². The second-order valence-corrected chi connectivity index (χ2v) is 7.98. The highest BCUT2D eigenvalue weighted by Gasteiger charge is 2.20. The number of carbonyl (C=O) groups is 2. The number of hydrazine groups is 1. The molecule has 1 aromatic heterocycles. The molecule has 34 heavy (non-hydrogen) atoms. The minimum atomic E-state index is -0.563. The predicted molar refractivity (Wildman–Crippen MR) is 129 cm³/mol. The summed E-state index contributed by atoms with van der Waals surface area (Å²) in [6.45, 7) is 1.90. The molecular weight excluding hydrogens is 459 g/mol. The zero-order valence-corrected chi connectivity index (χ0v) is 19.7. The quantitative estimate of drug-likeness (QED) is 0.269. The Kier molecular flexibility index (Phi) is 8.81. The van der Waals surface area contributed by atoms with Gasteiger partial charge in [-0.25, -0.2) is 9.37 Å². The summed E-state index contributed by atoms with van der Waals surface area (Å²) < 4.78 is 20.6. The Morgan fingerprint density at radius 1 is 1.21 bits per heavy atom. The average molecular weight is 485 g/mol. The molecular formula is C25H26ClFN4O3. The van der Waals surface area contributed by atoms with E-state index in [1.54, 1.807) is 37.7 Å². The molecule has 1 atom stereocenters. The third-order valence-corrected chi connectivity index (χ3v) is 5.41. The summed E-state index contributed by atoms with van der Waals surface area (Å²) >= 11 is 5.77. The van der Waals surface area contributed by atoms with E-state index in [-0.39, 0.29) is 5.82 Å². The predicted octanol–water partition coefficient (Wildman–Crippen LogP) is 4.29. The highest BCUT2D eigenvalue weighted by atomic mass is 35.5. The number of aromatic nitrogens is 2. The minimum Gasteiger partial charge on any atom is -0.495 e. The summed E-state index contributed by atoms with van der Waals surface area (Å²) in [4.78, 5) is 29.1. The summed E-state index contributed by atoms with van der Waals surface area (Å²) in [5.41, 5.74) is 7.91. The van der Waals surface area contributed by atoms with Crippen LogP contribution < -0.4 is 15.6 Å². The molecule has 2 N–H and O–H groups in total. The normalized spacial score (nSPS) is 11.9. The SMILES string of the molecule is COc1cc(/C=C/C(=O)NNC(=O)C(CCCCl)c2ccc(F)cc2)ccc1-n1cnc(C)c1. The van der Waals surface area contributed by atoms with Crippen LogP contribution >= 0.6 is 11.6 Å². The molecule has 1 heterocycles. The zero-order chi connectivity index (χ0) is 24.5. The second kappa shape index (κ2) is 12.0. The Morgan fingerprint density at radius 2 is 1.97 bits per heavy atom. The first-order chi connectivity index (χ1) is 16.4. The van der Waals surface area contributed by atoms with Crippen molar-refractivity contribution < 1.29 is 18.7 Å². The lowest BCUT2D eigenvalue weighted by Gasteiger charge is -2.17. The molecule has 3 aromatic rings. The Labute approximate surface area is 202 Å². The maximum Gasteiger partial charge on any atom is 0.262 e. The van der Waals surface area contributed by atoms with Gasteiger partial charge in [-0.15, -0.1) is 11.6 Å². The molecule has 178 valence electrons. The van der Waals surface area contributed by atoms with Gasteiger partial charge >= 0.3 is 0 Å². The van der Waals surface area contributed by atoms with Crippen molar-refractivity contribution in [2.45, 2.75) is 25.7 Å². The van der Waals surface area contributed by atoms with Gasteiger partial charge in [0, 0.05) is 18.2 Å². The van der Waals surface area contributed by atoms with E-state index in [2.05, 4.69) is 15.8 Å². The zero-order valence-electron chi connectivity index (χ0n) is 18.9. The molecule has 0 saturated carbocycles. The van der Waals surface area contributed by atoms with Gasteiger partial charge in [0.05, 0.1) is 30.7 Å². The van der Waals surface area contributed by atoms with Crippen molar-refractivity contribution in [3.05, 3.63) is 83.7 Å². The fourth-order valence-corrected chi connectivity index (χ4v) is 3.57. The van der Waals surface area contributed by atoms with Crippen molar-refractivity contribution in [3.8, 4) is 11.4 Å². The van der Waals surface area contributed by atoms with E-state index in [9.17, 15) is 14.0 Å². The number of nitrogens with one attached hydrogen (secondary N) is 2. The Balaban J connectivity index is 1.62. The maximum atomic E-state index is 13.2. The minimum absolute atomic E-state index is 0.386. The average Bonchev–Trinajstić information content (AvgIpc) is 3.28. The van der Waals surface area contributed by atoms with Crippen molar-refractivity contribution in [3.63, 3.8) is 0 Å². The van der Waals surface area contributed by atoms with E-state index in [1.807, 2.05) is 29.8 Å². The lowest BCUT2D eigenvalue weighted by atomic mass is 9.94. The number of amides is 2. The van der Waals surface area contributed by atoms with Crippen LogP contribution in [0.1, 0.15) is 35.6 Å². The molecule has 0 aliphatic carbocycles. The summed E-state index contributed by atoms with van der Waals surface area (Å²) in [6, 6.07) is 11.2. The molecule has 7 nitrogen and oxygen atoms in total. The number of aryl methyl sites for hydroxylation is 1. The summed E-state index contributed by atoms with van der Waals surface area (Å²) in [5, 5.41) is 0. The van der Waals surface area contributed by atoms with E-state index in [0.717, 1.165) is 16.9 Å². The number of ether oxygens (including phenoxy) is 1. The smallest absolute Gasteiger partial charge is 0.262 e. The lowest BCUT2D eigenvalue weighted by molar-refractivity contribution is -0.127. The number of hydrogen-bond acceptors (Lipinski definition) is 4. The number of alkyl halides is 1. The van der Waals surface area contributed by atoms with Gasteiger partial charge in [-0.05, 0) is 61.2 Å². The first-order valence-electron chi connectivity index (χ1n) is 10.7.